The van der Waals surface area contributed by atoms with E-state index in [1.807, 2.05) is 0 Å². The van der Waals surface area contributed by atoms with Crippen molar-refractivity contribution < 1.29 is 12.4 Å². The van der Waals surface area contributed by atoms with E-state index in [2.05, 4.69) is 107 Å². The first-order chi connectivity index (χ1) is 10.4. The Morgan fingerprint density at radius 3 is 1.05 bits per heavy atom. The fourth-order valence-corrected chi connectivity index (χ4v) is 8.66. The standard InChI is InChI=1S/C19H17BrP.ClH/c20-16-21(17-10-4-1-5-11-17,18-12-6-2-7-13-18)19-14-8-3-9-15-19;/h1-15H,16H2;1H/q+1;/p-1. The Hall–Kier alpha value is -1.14. The lowest BCUT2D eigenvalue weighted by molar-refractivity contribution is -0.00000395. The Labute approximate surface area is 147 Å². The second-order valence-corrected chi connectivity index (χ2v) is 9.85. The largest absolute Gasteiger partial charge is 1.00 e. The molecular formula is C19H17BrClP. The summed E-state index contributed by atoms with van der Waals surface area (Å²) in [5, 5.41) is 5.20. The zero-order chi connectivity index (χ0) is 14.5. The molecule has 0 N–H and O–H groups in total. The van der Waals surface area contributed by atoms with Crippen LogP contribution in [0.5, 0.6) is 0 Å². The van der Waals surface area contributed by atoms with Crippen molar-refractivity contribution in [2.24, 2.45) is 0 Å². The van der Waals surface area contributed by atoms with Crippen LogP contribution in [-0.2, 0) is 0 Å². The number of hydrogen-bond acceptors (Lipinski definition) is 0. The van der Waals surface area contributed by atoms with E-state index in [9.17, 15) is 0 Å². The maximum Gasteiger partial charge on any atom is 0.127 e. The average Bonchev–Trinajstić information content (AvgIpc) is 2.59. The third kappa shape index (κ3) is 3.13. The van der Waals surface area contributed by atoms with Crippen LogP contribution in [0, 0.1) is 0 Å². The summed E-state index contributed by atoms with van der Waals surface area (Å²) in [6, 6.07) is 32.6. The second kappa shape index (κ2) is 7.92. The summed E-state index contributed by atoms with van der Waals surface area (Å²) >= 11 is 3.83. The Balaban J connectivity index is 0.00000176. The minimum absolute atomic E-state index is 0. The van der Waals surface area contributed by atoms with E-state index in [0.29, 0.717) is 0 Å². The summed E-state index contributed by atoms with van der Waals surface area (Å²) in [7, 11) is -1.62. The van der Waals surface area contributed by atoms with Gasteiger partial charge in [0.1, 0.15) is 28.2 Å². The SMILES string of the molecule is BrC[P+](c1ccccc1)(c1ccccc1)c1ccccc1.[Cl-]. The van der Waals surface area contributed by atoms with Gasteiger partial charge in [-0.1, -0.05) is 54.6 Å². The van der Waals surface area contributed by atoms with Crippen LogP contribution in [0.15, 0.2) is 91.0 Å². The molecule has 112 valence electrons. The van der Waals surface area contributed by atoms with Crippen molar-refractivity contribution in [1.29, 1.82) is 0 Å². The molecule has 0 fully saturated rings. The van der Waals surface area contributed by atoms with E-state index in [0.717, 1.165) is 5.07 Å². The van der Waals surface area contributed by atoms with E-state index >= 15 is 0 Å². The maximum atomic E-state index is 3.83. The Morgan fingerprint density at radius 1 is 0.545 bits per heavy atom. The molecule has 0 aliphatic carbocycles. The monoisotopic (exact) mass is 390 g/mol. The molecule has 3 heteroatoms. The van der Waals surface area contributed by atoms with Gasteiger partial charge >= 0.3 is 0 Å². The van der Waals surface area contributed by atoms with Gasteiger partial charge in [0.05, 0.1) is 0 Å². The molecule has 3 rings (SSSR count). The molecule has 0 unspecified atom stereocenters. The topological polar surface area (TPSA) is 0 Å². The number of halogens is 2. The minimum atomic E-state index is -1.62. The van der Waals surface area contributed by atoms with Gasteiger partial charge < -0.3 is 12.4 Å². The molecule has 0 spiro atoms. The zero-order valence-corrected chi connectivity index (χ0v) is 15.3. The van der Waals surface area contributed by atoms with Crippen molar-refractivity contribution in [2.45, 2.75) is 0 Å². The number of hydrogen-bond donors (Lipinski definition) is 0. The molecule has 0 aliphatic rings. The van der Waals surface area contributed by atoms with Gasteiger partial charge in [-0.25, -0.2) is 0 Å². The van der Waals surface area contributed by atoms with Gasteiger partial charge in [-0.2, -0.15) is 0 Å². The highest BCUT2D eigenvalue weighted by Crippen LogP contribution is 2.56. The molecule has 22 heavy (non-hydrogen) atoms. The van der Waals surface area contributed by atoms with Gasteiger partial charge in [0.2, 0.25) is 0 Å². The van der Waals surface area contributed by atoms with Gasteiger partial charge in [-0.15, -0.1) is 0 Å². The van der Waals surface area contributed by atoms with E-state index in [1.54, 1.807) is 0 Å². The Kier molecular flexibility index (Phi) is 6.20. The van der Waals surface area contributed by atoms with Gasteiger partial charge in [0, 0.05) is 0 Å². The molecule has 3 aromatic carbocycles. The number of alkyl halides is 1. The van der Waals surface area contributed by atoms with E-state index < -0.39 is 7.26 Å². The smallest absolute Gasteiger partial charge is 0.127 e. The predicted octanol–water partition coefficient (Wildman–Crippen LogP) is 1.34. The van der Waals surface area contributed by atoms with Gasteiger partial charge in [-0.3, -0.25) is 0 Å². The summed E-state index contributed by atoms with van der Waals surface area (Å²) in [6.45, 7) is 0. The molecule has 0 bridgehead atoms. The summed E-state index contributed by atoms with van der Waals surface area (Å²) in [6.07, 6.45) is 0. The van der Waals surface area contributed by atoms with Crippen molar-refractivity contribution in [2.75, 3.05) is 5.07 Å². The Morgan fingerprint density at radius 2 is 0.818 bits per heavy atom. The van der Waals surface area contributed by atoms with Crippen LogP contribution < -0.4 is 28.3 Å². The quantitative estimate of drug-likeness (QED) is 0.465. The van der Waals surface area contributed by atoms with Crippen molar-refractivity contribution in [1.82, 2.24) is 0 Å². The van der Waals surface area contributed by atoms with Crippen LogP contribution in [0.3, 0.4) is 0 Å². The highest BCUT2D eigenvalue weighted by molar-refractivity contribution is 9.10. The van der Waals surface area contributed by atoms with Crippen LogP contribution >= 0.6 is 23.2 Å². The molecule has 0 aromatic heterocycles. The molecule has 0 saturated heterocycles. The lowest BCUT2D eigenvalue weighted by atomic mass is 10.4. The fourth-order valence-electron chi connectivity index (χ4n) is 2.70. The predicted molar refractivity (Wildman–Crippen MR) is 98.9 cm³/mol. The van der Waals surface area contributed by atoms with Crippen LogP contribution in [-0.4, -0.2) is 5.07 Å². The molecular weight excluding hydrogens is 375 g/mol. The first-order valence-corrected chi connectivity index (χ1v) is 10.1. The molecule has 0 saturated carbocycles. The van der Waals surface area contributed by atoms with E-state index in [4.69, 9.17) is 0 Å². The van der Waals surface area contributed by atoms with Crippen LogP contribution in [0.4, 0.5) is 0 Å². The molecule has 3 aromatic rings. The second-order valence-electron chi connectivity index (χ2n) is 4.94. The Bertz CT molecular complexity index is 590. The normalized spacial score (nSPS) is 10.8. The lowest BCUT2D eigenvalue weighted by Crippen LogP contribution is -3.00. The number of benzene rings is 3. The van der Waals surface area contributed by atoms with E-state index in [-0.39, 0.29) is 12.4 Å². The zero-order valence-electron chi connectivity index (χ0n) is 12.1. The summed E-state index contributed by atoms with van der Waals surface area (Å²) in [5.74, 6) is 0. The van der Waals surface area contributed by atoms with Crippen molar-refractivity contribution in [3.63, 3.8) is 0 Å². The maximum absolute atomic E-state index is 3.83. The highest BCUT2D eigenvalue weighted by Gasteiger charge is 2.44. The van der Waals surface area contributed by atoms with Crippen molar-refractivity contribution in [3.8, 4) is 0 Å². The van der Waals surface area contributed by atoms with Crippen LogP contribution in [0.1, 0.15) is 0 Å². The average molecular weight is 392 g/mol. The summed E-state index contributed by atoms with van der Waals surface area (Å²) < 4.78 is 0. The van der Waals surface area contributed by atoms with Crippen molar-refractivity contribution >= 4 is 39.1 Å². The van der Waals surface area contributed by atoms with Gasteiger partial charge in [-0.05, 0) is 52.3 Å². The summed E-state index contributed by atoms with van der Waals surface area (Å²) in [4.78, 5) is 0. The lowest BCUT2D eigenvalue weighted by Gasteiger charge is -2.25. The molecule has 0 nitrogen and oxygen atoms in total. The number of rotatable bonds is 4. The van der Waals surface area contributed by atoms with E-state index in [1.165, 1.54) is 15.9 Å². The van der Waals surface area contributed by atoms with Crippen molar-refractivity contribution in [3.05, 3.63) is 91.0 Å². The van der Waals surface area contributed by atoms with Crippen LogP contribution in [0.25, 0.3) is 0 Å². The first kappa shape index (κ1) is 17.2. The molecule has 0 aliphatic heterocycles. The fraction of sp³-hybridized carbons (Fsp3) is 0.0526. The molecule has 0 atom stereocenters. The van der Waals surface area contributed by atoms with Crippen LogP contribution in [0.2, 0.25) is 0 Å². The molecule has 0 heterocycles. The van der Waals surface area contributed by atoms with Gasteiger partial charge in [0.15, 0.2) is 0 Å². The third-order valence-electron chi connectivity index (χ3n) is 3.77. The molecule has 0 amide bonds. The first-order valence-electron chi connectivity index (χ1n) is 6.99. The molecule has 0 radical (unpaired) electrons. The highest BCUT2D eigenvalue weighted by atomic mass is 79.9. The van der Waals surface area contributed by atoms with Gasteiger partial charge in [0.25, 0.3) is 0 Å². The minimum Gasteiger partial charge on any atom is -1.00 e. The third-order valence-corrected chi connectivity index (χ3v) is 9.92. The summed E-state index contributed by atoms with van der Waals surface area (Å²) in [5.41, 5.74) is 0.